The highest BCUT2D eigenvalue weighted by Crippen LogP contribution is 2.26. The minimum absolute atomic E-state index is 0.0917. The SMILES string of the molecule is Nc1ccc(NC(=O)c2cc3ccccc3s2)cc1. The molecular weight excluding hydrogens is 256 g/mol. The predicted octanol–water partition coefficient (Wildman–Crippen LogP) is 3.74. The van der Waals surface area contributed by atoms with Gasteiger partial charge in [0, 0.05) is 16.1 Å². The van der Waals surface area contributed by atoms with Gasteiger partial charge in [-0.15, -0.1) is 11.3 Å². The number of hydrogen-bond donors (Lipinski definition) is 2. The molecule has 94 valence electrons. The van der Waals surface area contributed by atoms with E-state index in [1.165, 1.54) is 11.3 Å². The number of hydrogen-bond acceptors (Lipinski definition) is 3. The number of nitrogens with one attached hydrogen (secondary N) is 1. The van der Waals surface area contributed by atoms with E-state index in [9.17, 15) is 4.79 Å². The van der Waals surface area contributed by atoms with Crippen LogP contribution in [0.2, 0.25) is 0 Å². The molecule has 0 unspecified atom stereocenters. The number of carbonyl (C=O) groups is 1. The average Bonchev–Trinajstić information content (AvgIpc) is 2.85. The molecule has 2 aromatic carbocycles. The zero-order valence-corrected chi connectivity index (χ0v) is 10.9. The van der Waals surface area contributed by atoms with E-state index in [2.05, 4.69) is 5.32 Å². The second kappa shape index (κ2) is 4.74. The van der Waals surface area contributed by atoms with E-state index in [1.54, 1.807) is 24.3 Å². The highest BCUT2D eigenvalue weighted by molar-refractivity contribution is 7.20. The van der Waals surface area contributed by atoms with Gasteiger partial charge >= 0.3 is 0 Å². The van der Waals surface area contributed by atoms with Gasteiger partial charge in [0.2, 0.25) is 0 Å². The maximum Gasteiger partial charge on any atom is 0.265 e. The Balaban J connectivity index is 1.85. The fourth-order valence-corrected chi connectivity index (χ4v) is 2.81. The number of nitrogens with two attached hydrogens (primary N) is 1. The van der Waals surface area contributed by atoms with Crippen LogP contribution in [-0.2, 0) is 0 Å². The average molecular weight is 268 g/mol. The Bertz CT molecular complexity index is 698. The van der Waals surface area contributed by atoms with Crippen molar-refractivity contribution >= 4 is 38.7 Å². The third-order valence-electron chi connectivity index (χ3n) is 2.82. The summed E-state index contributed by atoms with van der Waals surface area (Å²) in [6, 6.07) is 17.0. The molecule has 0 saturated carbocycles. The number of rotatable bonds is 2. The second-order valence-electron chi connectivity index (χ2n) is 4.22. The van der Waals surface area contributed by atoms with Gasteiger partial charge in [-0.05, 0) is 41.8 Å². The van der Waals surface area contributed by atoms with Gasteiger partial charge in [0.25, 0.3) is 5.91 Å². The molecule has 1 heterocycles. The zero-order valence-electron chi connectivity index (χ0n) is 10.1. The largest absolute Gasteiger partial charge is 0.399 e. The first-order chi connectivity index (χ1) is 9.22. The molecule has 3 rings (SSSR count). The van der Waals surface area contributed by atoms with Crippen LogP contribution in [0, 0.1) is 0 Å². The summed E-state index contributed by atoms with van der Waals surface area (Å²) in [6.45, 7) is 0. The maximum atomic E-state index is 12.1. The fraction of sp³-hybridized carbons (Fsp3) is 0. The third kappa shape index (κ3) is 2.44. The van der Waals surface area contributed by atoms with E-state index in [0.29, 0.717) is 10.6 Å². The van der Waals surface area contributed by atoms with Gasteiger partial charge in [-0.25, -0.2) is 0 Å². The van der Waals surface area contributed by atoms with Crippen LogP contribution >= 0.6 is 11.3 Å². The smallest absolute Gasteiger partial charge is 0.265 e. The summed E-state index contributed by atoms with van der Waals surface area (Å²) in [6.07, 6.45) is 0. The predicted molar refractivity (Wildman–Crippen MR) is 80.6 cm³/mol. The molecule has 3 N–H and O–H groups in total. The molecule has 0 radical (unpaired) electrons. The molecule has 1 aromatic heterocycles. The molecule has 0 fully saturated rings. The number of anilines is 2. The molecule has 3 aromatic rings. The van der Waals surface area contributed by atoms with Crippen LogP contribution in [0.3, 0.4) is 0 Å². The van der Waals surface area contributed by atoms with E-state index < -0.39 is 0 Å². The van der Waals surface area contributed by atoms with Crippen LogP contribution < -0.4 is 11.1 Å². The summed E-state index contributed by atoms with van der Waals surface area (Å²) in [5, 5.41) is 3.95. The van der Waals surface area contributed by atoms with Crippen molar-refractivity contribution in [3.63, 3.8) is 0 Å². The Hall–Kier alpha value is -2.33. The number of carbonyl (C=O) groups excluding carboxylic acids is 1. The molecule has 0 aliphatic rings. The van der Waals surface area contributed by atoms with Gasteiger partial charge in [0.1, 0.15) is 0 Å². The standard InChI is InChI=1S/C15H12N2OS/c16-11-5-7-12(8-6-11)17-15(18)14-9-10-3-1-2-4-13(10)19-14/h1-9H,16H2,(H,17,18). The Morgan fingerprint density at radius 2 is 1.79 bits per heavy atom. The van der Waals surface area contributed by atoms with Gasteiger partial charge in [-0.3, -0.25) is 4.79 Å². The second-order valence-corrected chi connectivity index (χ2v) is 5.31. The first-order valence-electron chi connectivity index (χ1n) is 5.88. The Labute approximate surface area is 114 Å². The van der Waals surface area contributed by atoms with Crippen molar-refractivity contribution < 1.29 is 4.79 Å². The van der Waals surface area contributed by atoms with Crippen LogP contribution in [0.25, 0.3) is 10.1 Å². The van der Waals surface area contributed by atoms with Crippen LogP contribution in [0.15, 0.2) is 54.6 Å². The lowest BCUT2D eigenvalue weighted by Crippen LogP contribution is -2.09. The minimum atomic E-state index is -0.0917. The van der Waals surface area contributed by atoms with E-state index in [4.69, 9.17) is 5.73 Å². The molecule has 0 aliphatic heterocycles. The molecule has 0 spiro atoms. The van der Waals surface area contributed by atoms with Crippen LogP contribution in [0.1, 0.15) is 9.67 Å². The molecule has 0 saturated heterocycles. The van der Waals surface area contributed by atoms with E-state index in [1.807, 2.05) is 30.3 Å². The van der Waals surface area contributed by atoms with Crippen molar-refractivity contribution in [2.45, 2.75) is 0 Å². The summed E-state index contributed by atoms with van der Waals surface area (Å²) in [5.74, 6) is -0.0917. The third-order valence-corrected chi connectivity index (χ3v) is 3.93. The molecule has 0 bridgehead atoms. The highest BCUT2D eigenvalue weighted by Gasteiger charge is 2.10. The van der Waals surface area contributed by atoms with Crippen molar-refractivity contribution in [2.75, 3.05) is 11.1 Å². The zero-order chi connectivity index (χ0) is 13.2. The van der Waals surface area contributed by atoms with Gasteiger partial charge in [-0.1, -0.05) is 18.2 Å². The molecule has 1 amide bonds. The number of fused-ring (bicyclic) bond motifs is 1. The van der Waals surface area contributed by atoms with Gasteiger partial charge in [0.15, 0.2) is 0 Å². The van der Waals surface area contributed by atoms with E-state index >= 15 is 0 Å². The van der Waals surface area contributed by atoms with Crippen molar-refractivity contribution in [3.8, 4) is 0 Å². The van der Waals surface area contributed by atoms with Crippen LogP contribution in [0.4, 0.5) is 11.4 Å². The lowest BCUT2D eigenvalue weighted by atomic mass is 10.2. The van der Waals surface area contributed by atoms with Gasteiger partial charge < -0.3 is 11.1 Å². The Kier molecular flexibility index (Phi) is 2.93. The summed E-state index contributed by atoms with van der Waals surface area (Å²) in [7, 11) is 0. The molecule has 0 aliphatic carbocycles. The quantitative estimate of drug-likeness (QED) is 0.696. The summed E-state index contributed by atoms with van der Waals surface area (Å²) in [4.78, 5) is 12.8. The summed E-state index contributed by atoms with van der Waals surface area (Å²) < 4.78 is 1.12. The molecular formula is C15H12N2OS. The Morgan fingerprint density at radius 1 is 1.05 bits per heavy atom. The monoisotopic (exact) mass is 268 g/mol. The van der Waals surface area contributed by atoms with Gasteiger partial charge in [-0.2, -0.15) is 0 Å². The number of nitrogen functional groups attached to an aromatic ring is 1. The topological polar surface area (TPSA) is 55.1 Å². The van der Waals surface area contributed by atoms with E-state index in [0.717, 1.165) is 15.8 Å². The molecule has 3 nitrogen and oxygen atoms in total. The fourth-order valence-electron chi connectivity index (χ4n) is 1.85. The normalized spacial score (nSPS) is 10.5. The van der Waals surface area contributed by atoms with Crippen molar-refractivity contribution in [2.24, 2.45) is 0 Å². The maximum absolute atomic E-state index is 12.1. The lowest BCUT2D eigenvalue weighted by molar-refractivity contribution is 0.103. The Morgan fingerprint density at radius 3 is 2.53 bits per heavy atom. The highest BCUT2D eigenvalue weighted by atomic mass is 32.1. The van der Waals surface area contributed by atoms with Crippen LogP contribution in [0.5, 0.6) is 0 Å². The minimum Gasteiger partial charge on any atom is -0.399 e. The summed E-state index contributed by atoms with van der Waals surface area (Å²) in [5.41, 5.74) is 7.04. The number of benzene rings is 2. The van der Waals surface area contributed by atoms with Gasteiger partial charge in [0.05, 0.1) is 4.88 Å². The molecule has 19 heavy (non-hydrogen) atoms. The molecule has 4 heteroatoms. The first kappa shape index (κ1) is 11.7. The van der Waals surface area contributed by atoms with Crippen molar-refractivity contribution in [3.05, 3.63) is 59.5 Å². The number of amides is 1. The van der Waals surface area contributed by atoms with Crippen molar-refractivity contribution in [1.29, 1.82) is 0 Å². The van der Waals surface area contributed by atoms with Crippen molar-refractivity contribution in [1.82, 2.24) is 0 Å². The first-order valence-corrected chi connectivity index (χ1v) is 6.69. The van der Waals surface area contributed by atoms with E-state index in [-0.39, 0.29) is 5.91 Å². The summed E-state index contributed by atoms with van der Waals surface area (Å²) >= 11 is 1.49. The number of thiophene rings is 1. The lowest BCUT2D eigenvalue weighted by Gasteiger charge is -2.03. The molecule has 0 atom stereocenters. The van der Waals surface area contributed by atoms with Crippen LogP contribution in [-0.4, -0.2) is 5.91 Å².